The van der Waals surface area contributed by atoms with Crippen molar-refractivity contribution in [1.29, 1.82) is 0 Å². The van der Waals surface area contributed by atoms with Crippen molar-refractivity contribution in [2.75, 3.05) is 12.3 Å². The van der Waals surface area contributed by atoms with Crippen LogP contribution in [0.5, 0.6) is 0 Å². The highest BCUT2D eigenvalue weighted by Crippen LogP contribution is 2.12. The third-order valence-electron chi connectivity index (χ3n) is 2.28. The lowest BCUT2D eigenvalue weighted by atomic mass is 10.2. The maximum absolute atomic E-state index is 11.4. The largest absolute Gasteiger partial charge is 0.375 e. The molecule has 1 heterocycles. The molecule has 1 amide bonds. The molecule has 0 aliphatic carbocycles. The van der Waals surface area contributed by atoms with Gasteiger partial charge in [0, 0.05) is 18.3 Å². The molecule has 0 aliphatic heterocycles. The third kappa shape index (κ3) is 5.11. The van der Waals surface area contributed by atoms with E-state index < -0.39 is 0 Å². The monoisotopic (exact) mass is 241 g/mol. The van der Waals surface area contributed by atoms with Gasteiger partial charge in [0.2, 0.25) is 5.91 Å². The Kier molecular flexibility index (Phi) is 5.85. The van der Waals surface area contributed by atoms with Crippen LogP contribution < -0.4 is 11.1 Å². The first-order valence-corrected chi connectivity index (χ1v) is 6.57. The van der Waals surface area contributed by atoms with E-state index in [0.717, 1.165) is 18.7 Å². The van der Waals surface area contributed by atoms with Gasteiger partial charge in [0.05, 0.1) is 5.69 Å². The molecule has 0 radical (unpaired) electrons. The summed E-state index contributed by atoms with van der Waals surface area (Å²) in [7, 11) is 0. The second kappa shape index (κ2) is 7.22. The predicted octanol–water partition coefficient (Wildman–Crippen LogP) is 1.96. The molecule has 0 unspecified atom stereocenters. The van der Waals surface area contributed by atoms with Gasteiger partial charge in [-0.1, -0.05) is 19.8 Å². The number of hydrogen-bond donors (Lipinski definition) is 2. The molecule has 1 aromatic heterocycles. The number of nitrogen functional groups attached to an aromatic ring is 1. The molecule has 0 aliphatic rings. The van der Waals surface area contributed by atoms with E-state index in [1.54, 1.807) is 0 Å². The van der Waals surface area contributed by atoms with Gasteiger partial charge in [0.15, 0.2) is 5.13 Å². The maximum Gasteiger partial charge on any atom is 0.220 e. The van der Waals surface area contributed by atoms with Crippen LogP contribution >= 0.6 is 11.3 Å². The number of anilines is 1. The quantitative estimate of drug-likeness (QED) is 0.717. The number of unbranched alkanes of at least 4 members (excludes halogenated alkanes) is 2. The number of nitrogens with one attached hydrogen (secondary N) is 1. The molecule has 4 nitrogen and oxygen atoms in total. The van der Waals surface area contributed by atoms with Gasteiger partial charge in [0.25, 0.3) is 0 Å². The zero-order valence-electron chi connectivity index (χ0n) is 9.66. The van der Waals surface area contributed by atoms with Gasteiger partial charge in [0.1, 0.15) is 0 Å². The van der Waals surface area contributed by atoms with Crippen molar-refractivity contribution in [3.8, 4) is 0 Å². The SMILES string of the molecule is CCCCCNC(=O)CCc1csc(N)n1. The van der Waals surface area contributed by atoms with E-state index >= 15 is 0 Å². The molecule has 5 heteroatoms. The summed E-state index contributed by atoms with van der Waals surface area (Å²) >= 11 is 1.42. The van der Waals surface area contributed by atoms with Crippen LogP contribution in [0.4, 0.5) is 5.13 Å². The van der Waals surface area contributed by atoms with E-state index in [0.29, 0.717) is 18.0 Å². The fourth-order valence-corrected chi connectivity index (χ4v) is 1.97. The molecule has 16 heavy (non-hydrogen) atoms. The third-order valence-corrected chi connectivity index (χ3v) is 3.00. The first-order valence-electron chi connectivity index (χ1n) is 5.69. The fraction of sp³-hybridized carbons (Fsp3) is 0.636. The van der Waals surface area contributed by atoms with E-state index in [1.807, 2.05) is 5.38 Å². The van der Waals surface area contributed by atoms with E-state index in [1.165, 1.54) is 24.2 Å². The lowest BCUT2D eigenvalue weighted by Crippen LogP contribution is -2.24. The number of hydrogen-bond acceptors (Lipinski definition) is 4. The molecule has 0 spiro atoms. The number of aryl methyl sites for hydroxylation is 1. The smallest absolute Gasteiger partial charge is 0.220 e. The summed E-state index contributed by atoms with van der Waals surface area (Å²) in [6.07, 6.45) is 4.57. The molecule has 1 rings (SSSR count). The Morgan fingerprint density at radius 1 is 1.56 bits per heavy atom. The minimum atomic E-state index is 0.0997. The number of amides is 1. The number of aromatic nitrogens is 1. The Hall–Kier alpha value is -1.10. The van der Waals surface area contributed by atoms with E-state index in [4.69, 9.17) is 5.73 Å². The van der Waals surface area contributed by atoms with Crippen molar-refractivity contribution in [1.82, 2.24) is 10.3 Å². The van der Waals surface area contributed by atoms with Crippen molar-refractivity contribution in [3.63, 3.8) is 0 Å². The van der Waals surface area contributed by atoms with Gasteiger partial charge in [-0.15, -0.1) is 11.3 Å². The van der Waals surface area contributed by atoms with Gasteiger partial charge in [-0.05, 0) is 12.8 Å². The van der Waals surface area contributed by atoms with Gasteiger partial charge in [-0.25, -0.2) is 4.98 Å². The number of nitrogens with zero attached hydrogens (tertiary/aromatic N) is 1. The summed E-state index contributed by atoms with van der Waals surface area (Å²) in [6.45, 7) is 2.93. The first-order chi connectivity index (χ1) is 7.72. The van der Waals surface area contributed by atoms with E-state index in [9.17, 15) is 4.79 Å². The normalized spacial score (nSPS) is 10.3. The van der Waals surface area contributed by atoms with Gasteiger partial charge in [-0.2, -0.15) is 0 Å². The number of carbonyl (C=O) groups excluding carboxylic acids is 1. The molecule has 0 bridgehead atoms. The van der Waals surface area contributed by atoms with Crippen molar-refractivity contribution in [3.05, 3.63) is 11.1 Å². The lowest BCUT2D eigenvalue weighted by Gasteiger charge is -2.03. The molecular formula is C11H19N3OS. The van der Waals surface area contributed by atoms with Crippen molar-refractivity contribution < 1.29 is 4.79 Å². The van der Waals surface area contributed by atoms with Gasteiger partial charge < -0.3 is 11.1 Å². The first kappa shape index (κ1) is 13.0. The number of thiazole rings is 1. The lowest BCUT2D eigenvalue weighted by molar-refractivity contribution is -0.121. The van der Waals surface area contributed by atoms with Crippen LogP contribution in [0, 0.1) is 0 Å². The molecule has 0 atom stereocenters. The number of rotatable bonds is 7. The summed E-state index contributed by atoms with van der Waals surface area (Å²) in [5, 5.41) is 5.37. The molecule has 1 aromatic rings. The summed E-state index contributed by atoms with van der Waals surface area (Å²) in [4.78, 5) is 15.5. The average Bonchev–Trinajstić information content (AvgIpc) is 2.68. The standard InChI is InChI=1S/C11H19N3OS/c1-2-3-4-7-13-10(15)6-5-9-8-16-11(12)14-9/h8H,2-7H2,1H3,(H2,12,14)(H,13,15). The highest BCUT2D eigenvalue weighted by Gasteiger charge is 2.03. The molecule has 0 saturated carbocycles. The van der Waals surface area contributed by atoms with Crippen molar-refractivity contribution >= 4 is 22.4 Å². The van der Waals surface area contributed by atoms with Crippen LogP contribution in [-0.2, 0) is 11.2 Å². The second-order valence-corrected chi connectivity index (χ2v) is 4.62. The molecule has 0 fully saturated rings. The summed E-state index contributed by atoms with van der Waals surface area (Å²) in [5.74, 6) is 0.0997. The van der Waals surface area contributed by atoms with Gasteiger partial charge >= 0.3 is 0 Å². The van der Waals surface area contributed by atoms with Crippen LogP contribution in [0.25, 0.3) is 0 Å². The van der Waals surface area contributed by atoms with Crippen LogP contribution in [0.3, 0.4) is 0 Å². The zero-order valence-corrected chi connectivity index (χ0v) is 10.5. The zero-order chi connectivity index (χ0) is 11.8. The Labute approximate surface area is 100 Å². The van der Waals surface area contributed by atoms with Crippen LogP contribution in [0.2, 0.25) is 0 Å². The fourth-order valence-electron chi connectivity index (χ4n) is 1.37. The minimum Gasteiger partial charge on any atom is -0.375 e. The number of nitrogens with two attached hydrogens (primary N) is 1. The highest BCUT2D eigenvalue weighted by atomic mass is 32.1. The Balaban J connectivity index is 2.10. The Morgan fingerprint density at radius 2 is 2.38 bits per heavy atom. The van der Waals surface area contributed by atoms with Crippen LogP contribution in [-0.4, -0.2) is 17.4 Å². The number of carbonyl (C=O) groups is 1. The second-order valence-electron chi connectivity index (χ2n) is 3.73. The molecular weight excluding hydrogens is 222 g/mol. The minimum absolute atomic E-state index is 0.0997. The topological polar surface area (TPSA) is 68.0 Å². The van der Waals surface area contributed by atoms with Crippen molar-refractivity contribution in [2.24, 2.45) is 0 Å². The maximum atomic E-state index is 11.4. The van der Waals surface area contributed by atoms with Crippen LogP contribution in [0.1, 0.15) is 38.3 Å². The molecule has 90 valence electrons. The summed E-state index contributed by atoms with van der Waals surface area (Å²) in [5.41, 5.74) is 6.41. The predicted molar refractivity (Wildman–Crippen MR) is 67.4 cm³/mol. The van der Waals surface area contributed by atoms with Gasteiger partial charge in [-0.3, -0.25) is 4.79 Å². The molecule has 3 N–H and O–H groups in total. The summed E-state index contributed by atoms with van der Waals surface area (Å²) in [6, 6.07) is 0. The molecule has 0 aromatic carbocycles. The Morgan fingerprint density at radius 3 is 3.00 bits per heavy atom. The van der Waals surface area contributed by atoms with Crippen molar-refractivity contribution in [2.45, 2.75) is 39.0 Å². The van der Waals surface area contributed by atoms with E-state index in [2.05, 4.69) is 17.2 Å². The highest BCUT2D eigenvalue weighted by molar-refractivity contribution is 7.13. The average molecular weight is 241 g/mol. The Bertz CT molecular complexity index is 325. The van der Waals surface area contributed by atoms with E-state index in [-0.39, 0.29) is 5.91 Å². The molecule has 0 saturated heterocycles. The summed E-state index contributed by atoms with van der Waals surface area (Å²) < 4.78 is 0. The van der Waals surface area contributed by atoms with Crippen LogP contribution in [0.15, 0.2) is 5.38 Å².